The van der Waals surface area contributed by atoms with Gasteiger partial charge in [-0.15, -0.1) is 0 Å². The third-order valence-electron chi connectivity index (χ3n) is 4.91. The zero-order chi connectivity index (χ0) is 17.1. The summed E-state index contributed by atoms with van der Waals surface area (Å²) < 4.78 is 10.8. The van der Waals surface area contributed by atoms with Gasteiger partial charge in [-0.05, 0) is 64.7 Å². The highest BCUT2D eigenvalue weighted by Crippen LogP contribution is 2.45. The zero-order valence-corrected chi connectivity index (χ0v) is 14.5. The molecule has 0 unspecified atom stereocenters. The molecule has 6 heteroatoms. The van der Waals surface area contributed by atoms with Crippen molar-refractivity contribution in [2.45, 2.75) is 71.0 Å². The maximum atomic E-state index is 12.1. The van der Waals surface area contributed by atoms with E-state index in [4.69, 9.17) is 14.6 Å². The van der Waals surface area contributed by atoms with Crippen LogP contribution in [0.4, 0.5) is 4.79 Å². The van der Waals surface area contributed by atoms with E-state index in [9.17, 15) is 9.59 Å². The van der Waals surface area contributed by atoms with Crippen LogP contribution < -0.4 is 0 Å². The molecule has 132 valence electrons. The van der Waals surface area contributed by atoms with Gasteiger partial charge in [-0.2, -0.15) is 0 Å². The second-order valence-electron chi connectivity index (χ2n) is 7.87. The smallest absolute Gasteiger partial charge is 0.410 e. The number of likely N-dealkylation sites (tertiary alicyclic amines) is 1. The van der Waals surface area contributed by atoms with Gasteiger partial charge in [0, 0.05) is 13.1 Å². The Bertz CT molecular complexity index is 425. The minimum atomic E-state index is -0.907. The highest BCUT2D eigenvalue weighted by Gasteiger charge is 2.40. The maximum Gasteiger partial charge on any atom is 0.410 e. The van der Waals surface area contributed by atoms with E-state index in [0.29, 0.717) is 5.41 Å². The second kappa shape index (κ2) is 7.07. The highest BCUT2D eigenvalue weighted by molar-refractivity contribution is 5.68. The lowest BCUT2D eigenvalue weighted by Gasteiger charge is -2.45. The first-order chi connectivity index (χ1) is 10.7. The van der Waals surface area contributed by atoms with E-state index in [-0.39, 0.29) is 18.8 Å². The number of piperidine rings is 1. The SMILES string of the molecule is CC(C)(C)OC(=O)N1CCC2(CCC(OCC(=O)O)CC2)CC1. The Labute approximate surface area is 138 Å². The number of amides is 1. The van der Waals surface area contributed by atoms with E-state index < -0.39 is 11.6 Å². The number of carboxylic acid groups (broad SMARTS) is 1. The van der Waals surface area contributed by atoms with E-state index >= 15 is 0 Å². The van der Waals surface area contributed by atoms with Crippen LogP contribution in [0.5, 0.6) is 0 Å². The summed E-state index contributed by atoms with van der Waals surface area (Å²) in [5, 5.41) is 8.67. The zero-order valence-electron chi connectivity index (χ0n) is 14.5. The van der Waals surface area contributed by atoms with Gasteiger partial charge in [0.1, 0.15) is 12.2 Å². The van der Waals surface area contributed by atoms with Gasteiger partial charge in [-0.25, -0.2) is 9.59 Å². The molecule has 2 fully saturated rings. The molecule has 2 rings (SSSR count). The van der Waals surface area contributed by atoms with Crippen LogP contribution >= 0.6 is 0 Å². The summed E-state index contributed by atoms with van der Waals surface area (Å²) in [5.41, 5.74) is -0.159. The molecule has 1 aliphatic heterocycles. The molecule has 1 spiro atoms. The minimum Gasteiger partial charge on any atom is -0.480 e. The average Bonchev–Trinajstić information content (AvgIpc) is 2.45. The molecule has 1 N–H and O–H groups in total. The van der Waals surface area contributed by atoms with Crippen molar-refractivity contribution in [3.05, 3.63) is 0 Å². The summed E-state index contributed by atoms with van der Waals surface area (Å²) in [7, 11) is 0. The van der Waals surface area contributed by atoms with Crippen molar-refractivity contribution in [2.75, 3.05) is 19.7 Å². The van der Waals surface area contributed by atoms with Gasteiger partial charge in [0.2, 0.25) is 0 Å². The number of carbonyl (C=O) groups excluding carboxylic acids is 1. The number of hydrogen-bond donors (Lipinski definition) is 1. The van der Waals surface area contributed by atoms with E-state index in [1.165, 1.54) is 0 Å². The Morgan fingerprint density at radius 2 is 1.70 bits per heavy atom. The highest BCUT2D eigenvalue weighted by atomic mass is 16.6. The molecule has 0 aromatic rings. The third kappa shape index (κ3) is 5.37. The predicted octanol–water partition coefficient (Wildman–Crippen LogP) is 3.05. The monoisotopic (exact) mass is 327 g/mol. The fraction of sp³-hybridized carbons (Fsp3) is 0.882. The molecule has 23 heavy (non-hydrogen) atoms. The van der Waals surface area contributed by atoms with E-state index in [1.54, 1.807) is 0 Å². The number of ether oxygens (including phenoxy) is 2. The van der Waals surface area contributed by atoms with Gasteiger partial charge in [-0.1, -0.05) is 0 Å². The van der Waals surface area contributed by atoms with E-state index in [1.807, 2.05) is 25.7 Å². The van der Waals surface area contributed by atoms with Crippen molar-refractivity contribution in [3.8, 4) is 0 Å². The molecule has 0 bridgehead atoms. The third-order valence-corrected chi connectivity index (χ3v) is 4.91. The normalized spacial score (nSPS) is 22.1. The van der Waals surface area contributed by atoms with Gasteiger partial charge in [0.05, 0.1) is 6.10 Å². The van der Waals surface area contributed by atoms with Crippen LogP contribution in [0.3, 0.4) is 0 Å². The van der Waals surface area contributed by atoms with Crippen LogP contribution in [-0.2, 0) is 14.3 Å². The topological polar surface area (TPSA) is 76.1 Å². The molecule has 0 radical (unpaired) electrons. The Balaban J connectivity index is 1.76. The van der Waals surface area contributed by atoms with Crippen molar-refractivity contribution in [1.82, 2.24) is 4.90 Å². The number of hydrogen-bond acceptors (Lipinski definition) is 4. The molecule has 1 aliphatic carbocycles. The molecule has 1 saturated heterocycles. The standard InChI is InChI=1S/C17H29NO5/c1-16(2,3)23-15(21)18-10-8-17(9-11-18)6-4-13(5-7-17)22-12-14(19)20/h13H,4-12H2,1-3H3,(H,19,20). The fourth-order valence-electron chi connectivity index (χ4n) is 3.55. The number of rotatable bonds is 3. The van der Waals surface area contributed by atoms with E-state index in [0.717, 1.165) is 51.6 Å². The van der Waals surface area contributed by atoms with E-state index in [2.05, 4.69) is 0 Å². The molecule has 6 nitrogen and oxygen atoms in total. The van der Waals surface area contributed by atoms with Crippen molar-refractivity contribution in [3.63, 3.8) is 0 Å². The quantitative estimate of drug-likeness (QED) is 0.862. The minimum absolute atomic E-state index is 0.0700. The van der Waals surface area contributed by atoms with Crippen LogP contribution in [0.25, 0.3) is 0 Å². The lowest BCUT2D eigenvalue weighted by molar-refractivity contribution is -0.145. The molecule has 1 saturated carbocycles. The molecule has 1 amide bonds. The molecule has 0 aromatic carbocycles. The number of carbonyl (C=O) groups is 2. The summed E-state index contributed by atoms with van der Waals surface area (Å²) >= 11 is 0. The number of carboxylic acids is 1. The predicted molar refractivity (Wildman–Crippen MR) is 85.3 cm³/mol. The second-order valence-corrected chi connectivity index (χ2v) is 7.87. The molecule has 2 aliphatic rings. The Hall–Kier alpha value is -1.30. The lowest BCUT2D eigenvalue weighted by atomic mass is 9.67. The molecule has 0 atom stereocenters. The number of nitrogens with zero attached hydrogens (tertiary/aromatic N) is 1. The first-order valence-corrected chi connectivity index (χ1v) is 8.50. The first-order valence-electron chi connectivity index (χ1n) is 8.50. The van der Waals surface area contributed by atoms with Crippen LogP contribution in [0.2, 0.25) is 0 Å². The van der Waals surface area contributed by atoms with Crippen LogP contribution in [0, 0.1) is 5.41 Å². The van der Waals surface area contributed by atoms with Crippen molar-refractivity contribution in [2.24, 2.45) is 5.41 Å². The summed E-state index contributed by atoms with van der Waals surface area (Å²) in [6.07, 6.45) is 5.79. The van der Waals surface area contributed by atoms with Gasteiger partial charge in [0.25, 0.3) is 0 Å². The average molecular weight is 327 g/mol. The Kier molecular flexibility index (Phi) is 5.55. The lowest BCUT2D eigenvalue weighted by Crippen LogP contribution is -2.46. The van der Waals surface area contributed by atoms with Gasteiger partial charge >= 0.3 is 12.1 Å². The van der Waals surface area contributed by atoms with Crippen LogP contribution in [-0.4, -0.2) is 53.5 Å². The molecular formula is C17H29NO5. The summed E-state index contributed by atoms with van der Waals surface area (Å²) in [5.74, 6) is -0.907. The number of aliphatic carboxylic acids is 1. The maximum absolute atomic E-state index is 12.1. The van der Waals surface area contributed by atoms with Gasteiger partial charge in [0.15, 0.2) is 0 Å². The Morgan fingerprint density at radius 3 is 2.17 bits per heavy atom. The van der Waals surface area contributed by atoms with Crippen LogP contribution in [0.1, 0.15) is 59.3 Å². The molecule has 0 aromatic heterocycles. The summed E-state index contributed by atoms with van der Waals surface area (Å²) in [4.78, 5) is 24.5. The summed E-state index contributed by atoms with van der Waals surface area (Å²) in [6, 6.07) is 0. The summed E-state index contributed by atoms with van der Waals surface area (Å²) in [6.45, 7) is 6.94. The Morgan fingerprint density at radius 1 is 1.13 bits per heavy atom. The largest absolute Gasteiger partial charge is 0.480 e. The fourth-order valence-corrected chi connectivity index (χ4v) is 3.55. The van der Waals surface area contributed by atoms with Gasteiger partial charge < -0.3 is 19.5 Å². The van der Waals surface area contributed by atoms with Crippen molar-refractivity contribution in [1.29, 1.82) is 0 Å². The van der Waals surface area contributed by atoms with Crippen molar-refractivity contribution < 1.29 is 24.2 Å². The molecular weight excluding hydrogens is 298 g/mol. The van der Waals surface area contributed by atoms with Gasteiger partial charge in [-0.3, -0.25) is 0 Å². The van der Waals surface area contributed by atoms with Crippen LogP contribution in [0.15, 0.2) is 0 Å². The molecule has 1 heterocycles. The van der Waals surface area contributed by atoms with Crippen molar-refractivity contribution >= 4 is 12.1 Å². The first kappa shape index (κ1) is 18.0.